The maximum Gasteiger partial charge on any atom is 0.0279 e. The van der Waals surface area contributed by atoms with E-state index in [0.29, 0.717) is 0 Å². The maximum atomic E-state index is 3.22. The zero-order valence-electron chi connectivity index (χ0n) is 11.5. The lowest BCUT2D eigenvalue weighted by atomic mass is 10.0. The summed E-state index contributed by atoms with van der Waals surface area (Å²) in [4.78, 5) is 0. The van der Waals surface area contributed by atoms with Gasteiger partial charge in [0.15, 0.2) is 0 Å². The number of hydrogen-bond donors (Lipinski definition) is 0. The highest BCUT2D eigenvalue weighted by Crippen LogP contribution is 2.10. The van der Waals surface area contributed by atoms with Gasteiger partial charge in [0.2, 0.25) is 0 Å². The Labute approximate surface area is 115 Å². The van der Waals surface area contributed by atoms with Crippen molar-refractivity contribution >= 4 is 0 Å². The molecule has 0 atom stereocenters. The molecule has 0 aliphatic rings. The second kappa shape index (κ2) is 5.94. The van der Waals surface area contributed by atoms with Gasteiger partial charge in [-0.1, -0.05) is 35.5 Å². The van der Waals surface area contributed by atoms with Gasteiger partial charge < -0.3 is 0 Å². The molecule has 0 bridgehead atoms. The first-order valence-electron chi connectivity index (χ1n) is 6.31. The van der Waals surface area contributed by atoms with Gasteiger partial charge in [-0.05, 0) is 56.7 Å². The van der Waals surface area contributed by atoms with Crippen molar-refractivity contribution in [1.29, 1.82) is 0 Å². The molecular weight excluding hydrogens is 228 g/mol. The molecule has 19 heavy (non-hydrogen) atoms. The molecule has 0 saturated heterocycles. The minimum atomic E-state index is 1.04. The molecule has 92 valence electrons. The summed E-state index contributed by atoms with van der Waals surface area (Å²) in [5.74, 6) is 12.4. The summed E-state index contributed by atoms with van der Waals surface area (Å²) < 4.78 is 0. The number of aryl methyl sites for hydroxylation is 2. The van der Waals surface area contributed by atoms with Crippen LogP contribution in [0.2, 0.25) is 0 Å². The van der Waals surface area contributed by atoms with Crippen molar-refractivity contribution in [1.82, 2.24) is 0 Å². The minimum absolute atomic E-state index is 1.04. The van der Waals surface area contributed by atoms with Crippen molar-refractivity contribution in [2.75, 3.05) is 0 Å². The lowest BCUT2D eigenvalue weighted by molar-refractivity contribution is 1.42. The number of rotatable bonds is 0. The van der Waals surface area contributed by atoms with E-state index in [1.807, 2.05) is 19.1 Å². The van der Waals surface area contributed by atoms with Gasteiger partial charge in [0, 0.05) is 16.7 Å². The van der Waals surface area contributed by atoms with Gasteiger partial charge in [-0.3, -0.25) is 0 Å². The van der Waals surface area contributed by atoms with E-state index < -0.39 is 0 Å². The molecule has 0 heterocycles. The molecule has 0 unspecified atom stereocenters. The third-order valence-electron chi connectivity index (χ3n) is 2.89. The summed E-state index contributed by atoms with van der Waals surface area (Å²) in [7, 11) is 0. The van der Waals surface area contributed by atoms with E-state index in [4.69, 9.17) is 0 Å². The molecule has 0 amide bonds. The average Bonchev–Trinajstić information content (AvgIpc) is 2.40. The van der Waals surface area contributed by atoms with Crippen LogP contribution in [0.5, 0.6) is 0 Å². The lowest BCUT2D eigenvalue weighted by Gasteiger charge is -1.98. The van der Waals surface area contributed by atoms with Gasteiger partial charge in [0.05, 0.1) is 0 Å². The molecule has 0 heteroatoms. The van der Waals surface area contributed by atoms with E-state index in [9.17, 15) is 0 Å². The lowest BCUT2D eigenvalue weighted by Crippen LogP contribution is -1.84. The first kappa shape index (κ1) is 13.0. The summed E-state index contributed by atoms with van der Waals surface area (Å²) in [6, 6.07) is 14.4. The van der Waals surface area contributed by atoms with Crippen molar-refractivity contribution in [2.24, 2.45) is 0 Å². The van der Waals surface area contributed by atoms with Crippen molar-refractivity contribution < 1.29 is 0 Å². The first-order valence-corrected chi connectivity index (χ1v) is 6.31. The molecule has 0 radical (unpaired) electrons. The predicted octanol–water partition coefficient (Wildman–Crippen LogP) is 4.07. The Morgan fingerprint density at radius 1 is 0.737 bits per heavy atom. The highest BCUT2D eigenvalue weighted by Gasteiger charge is 1.95. The SMILES string of the molecule is CC#Cc1ccc(C#Cc2ccc(C)cc2)c(C)c1. The fraction of sp³-hybridized carbons (Fsp3) is 0.158. The molecule has 0 nitrogen and oxygen atoms in total. The third kappa shape index (κ3) is 3.51. The largest absolute Gasteiger partial charge is 0.101 e. The van der Waals surface area contributed by atoms with Crippen LogP contribution in [-0.4, -0.2) is 0 Å². The van der Waals surface area contributed by atoms with Crippen LogP contribution in [0.4, 0.5) is 0 Å². The van der Waals surface area contributed by atoms with Crippen molar-refractivity contribution in [2.45, 2.75) is 20.8 Å². The molecular formula is C19H16. The zero-order valence-corrected chi connectivity index (χ0v) is 11.5. The Balaban J connectivity index is 2.28. The van der Waals surface area contributed by atoms with Gasteiger partial charge in [-0.25, -0.2) is 0 Å². The Morgan fingerprint density at radius 2 is 1.42 bits per heavy atom. The molecule has 0 saturated carbocycles. The van der Waals surface area contributed by atoms with E-state index in [1.165, 1.54) is 11.1 Å². The standard InChI is InChI=1S/C19H16/c1-4-5-18-11-13-19(16(3)14-18)12-10-17-8-6-15(2)7-9-17/h6-9,11,13-14H,1-3H3. The van der Waals surface area contributed by atoms with Crippen LogP contribution in [0.15, 0.2) is 42.5 Å². The van der Waals surface area contributed by atoms with Crippen LogP contribution in [0.25, 0.3) is 0 Å². The monoisotopic (exact) mass is 244 g/mol. The fourth-order valence-corrected chi connectivity index (χ4v) is 1.80. The molecule has 0 spiro atoms. The maximum absolute atomic E-state index is 3.22. The van der Waals surface area contributed by atoms with E-state index in [0.717, 1.165) is 16.7 Å². The first-order chi connectivity index (χ1) is 9.19. The van der Waals surface area contributed by atoms with E-state index in [-0.39, 0.29) is 0 Å². The van der Waals surface area contributed by atoms with Crippen LogP contribution in [0.1, 0.15) is 34.7 Å². The zero-order chi connectivity index (χ0) is 13.7. The highest BCUT2D eigenvalue weighted by atomic mass is 14.0. The summed E-state index contributed by atoms with van der Waals surface area (Å²) in [5, 5.41) is 0. The Bertz CT molecular complexity index is 696. The van der Waals surface area contributed by atoms with Gasteiger partial charge in [0.25, 0.3) is 0 Å². The van der Waals surface area contributed by atoms with Crippen LogP contribution in [0, 0.1) is 37.5 Å². The average molecular weight is 244 g/mol. The smallest absolute Gasteiger partial charge is 0.0279 e. The quantitative estimate of drug-likeness (QED) is 0.613. The van der Waals surface area contributed by atoms with Crippen molar-refractivity contribution in [3.63, 3.8) is 0 Å². The second-order valence-corrected chi connectivity index (χ2v) is 4.52. The van der Waals surface area contributed by atoms with Crippen LogP contribution < -0.4 is 0 Å². The molecule has 2 rings (SSSR count). The molecule has 0 N–H and O–H groups in total. The fourth-order valence-electron chi connectivity index (χ4n) is 1.80. The number of hydrogen-bond acceptors (Lipinski definition) is 0. The summed E-state index contributed by atoms with van der Waals surface area (Å²) in [5.41, 5.74) is 5.56. The van der Waals surface area contributed by atoms with E-state index in [1.54, 1.807) is 0 Å². The Hall–Kier alpha value is -2.44. The molecule has 0 aliphatic heterocycles. The van der Waals surface area contributed by atoms with Gasteiger partial charge >= 0.3 is 0 Å². The van der Waals surface area contributed by atoms with Gasteiger partial charge in [-0.15, -0.1) is 5.92 Å². The van der Waals surface area contributed by atoms with Gasteiger partial charge in [0.1, 0.15) is 0 Å². The number of benzene rings is 2. The van der Waals surface area contributed by atoms with E-state index in [2.05, 4.69) is 67.9 Å². The molecule has 2 aromatic carbocycles. The van der Waals surface area contributed by atoms with E-state index >= 15 is 0 Å². The van der Waals surface area contributed by atoms with Crippen LogP contribution in [-0.2, 0) is 0 Å². The molecule has 0 aromatic heterocycles. The summed E-state index contributed by atoms with van der Waals surface area (Å²) in [6.45, 7) is 6.00. The third-order valence-corrected chi connectivity index (χ3v) is 2.89. The topological polar surface area (TPSA) is 0 Å². The molecule has 0 fully saturated rings. The molecule has 0 aliphatic carbocycles. The minimum Gasteiger partial charge on any atom is -0.101 e. The predicted molar refractivity (Wildman–Crippen MR) is 80.9 cm³/mol. The van der Waals surface area contributed by atoms with Gasteiger partial charge in [-0.2, -0.15) is 0 Å². The van der Waals surface area contributed by atoms with Crippen molar-refractivity contribution in [3.8, 4) is 23.7 Å². The Morgan fingerprint density at radius 3 is 2.05 bits per heavy atom. The highest BCUT2D eigenvalue weighted by molar-refractivity contribution is 5.50. The second-order valence-electron chi connectivity index (χ2n) is 4.52. The van der Waals surface area contributed by atoms with Crippen molar-refractivity contribution in [3.05, 3.63) is 70.3 Å². The Kier molecular flexibility index (Phi) is 4.07. The molecule has 2 aromatic rings. The van der Waals surface area contributed by atoms with Crippen LogP contribution >= 0.6 is 0 Å². The summed E-state index contributed by atoms with van der Waals surface area (Å²) in [6.07, 6.45) is 0. The van der Waals surface area contributed by atoms with Crippen LogP contribution in [0.3, 0.4) is 0 Å². The normalized spacial score (nSPS) is 9.00. The summed E-state index contributed by atoms with van der Waals surface area (Å²) >= 11 is 0.